The molecule has 7 nitrogen and oxygen atoms in total. The third kappa shape index (κ3) is 2.99. The van der Waals surface area contributed by atoms with Crippen molar-refractivity contribution in [2.24, 2.45) is 5.92 Å². The molecule has 0 saturated heterocycles. The number of hydrogen-bond acceptors (Lipinski definition) is 6. The van der Waals surface area contributed by atoms with Gasteiger partial charge < -0.3 is 20.9 Å². The predicted octanol–water partition coefficient (Wildman–Crippen LogP) is 1.38. The van der Waals surface area contributed by atoms with E-state index < -0.39 is 29.9 Å². The second-order valence-corrected chi connectivity index (χ2v) is 6.22. The van der Waals surface area contributed by atoms with Crippen molar-refractivity contribution in [1.29, 1.82) is 5.41 Å². The fourth-order valence-corrected chi connectivity index (χ4v) is 3.24. The van der Waals surface area contributed by atoms with Gasteiger partial charge in [-0.25, -0.2) is 9.37 Å². The van der Waals surface area contributed by atoms with Gasteiger partial charge in [0.25, 0.3) is 0 Å². The summed E-state index contributed by atoms with van der Waals surface area (Å²) in [6.07, 6.45) is 0.328. The molecule has 3 N–H and O–H groups in total. The van der Waals surface area contributed by atoms with Crippen molar-refractivity contribution in [3.8, 4) is 0 Å². The number of nitrogens with zero attached hydrogens (tertiary/aromatic N) is 2. The Morgan fingerprint density at radius 2 is 2.15 bits per heavy atom. The van der Waals surface area contributed by atoms with Crippen molar-refractivity contribution < 1.29 is 19.4 Å². The average Bonchev–Trinajstić information content (AvgIpc) is 2.59. The number of anilines is 2. The molecule has 1 aromatic carbocycles. The fourth-order valence-electron chi connectivity index (χ4n) is 3.24. The molecular formula is C18H18FN4O3-. The molecule has 0 radical (unpaired) electrons. The van der Waals surface area contributed by atoms with Crippen molar-refractivity contribution >= 4 is 23.3 Å². The highest BCUT2D eigenvalue weighted by Crippen LogP contribution is 2.42. The van der Waals surface area contributed by atoms with Gasteiger partial charge in [0.05, 0.1) is 11.7 Å². The molecule has 26 heavy (non-hydrogen) atoms. The van der Waals surface area contributed by atoms with Gasteiger partial charge in [0, 0.05) is 30.2 Å². The van der Waals surface area contributed by atoms with Crippen LogP contribution in [0.1, 0.15) is 31.0 Å². The molecule has 1 aliphatic rings. The van der Waals surface area contributed by atoms with E-state index in [0.29, 0.717) is 11.3 Å². The number of pyridine rings is 1. The second kappa shape index (κ2) is 6.72. The van der Waals surface area contributed by atoms with Crippen molar-refractivity contribution in [1.82, 2.24) is 4.98 Å². The van der Waals surface area contributed by atoms with Crippen molar-refractivity contribution in [2.45, 2.75) is 26.1 Å². The maximum atomic E-state index is 13.9. The summed E-state index contributed by atoms with van der Waals surface area (Å²) >= 11 is 0. The molecule has 8 heteroatoms. The SMILES string of the molecule is CC(=O)N1c2ccc(F)cc2C(Nc2ncccc2C(=N)[O-])[C@@H](C)[C@@H]1O. The number of benzene rings is 1. The monoisotopic (exact) mass is 357 g/mol. The minimum absolute atomic E-state index is 0.0705. The number of carbonyl (C=O) groups is 1. The summed E-state index contributed by atoms with van der Waals surface area (Å²) in [6.45, 7) is 3.03. The first-order valence-corrected chi connectivity index (χ1v) is 8.06. The zero-order chi connectivity index (χ0) is 19.0. The molecule has 0 fully saturated rings. The lowest BCUT2D eigenvalue weighted by molar-refractivity contribution is -0.214. The lowest BCUT2D eigenvalue weighted by atomic mass is 9.86. The minimum atomic E-state index is -1.14. The fraction of sp³-hybridized carbons (Fsp3) is 0.278. The van der Waals surface area contributed by atoms with E-state index in [2.05, 4.69) is 10.3 Å². The topological polar surface area (TPSA) is 112 Å². The van der Waals surface area contributed by atoms with E-state index in [9.17, 15) is 19.4 Å². The number of hydrogen-bond donors (Lipinski definition) is 3. The number of carbonyl (C=O) groups excluding carboxylic acids is 1. The van der Waals surface area contributed by atoms with Crippen LogP contribution in [0.15, 0.2) is 36.5 Å². The highest BCUT2D eigenvalue weighted by molar-refractivity contribution is 5.95. The zero-order valence-corrected chi connectivity index (χ0v) is 14.2. The summed E-state index contributed by atoms with van der Waals surface area (Å²) in [5.41, 5.74) is 0.921. The van der Waals surface area contributed by atoms with Crippen LogP contribution in [0.4, 0.5) is 15.9 Å². The first kappa shape index (κ1) is 17.8. The van der Waals surface area contributed by atoms with Gasteiger partial charge in [-0.3, -0.25) is 9.69 Å². The Morgan fingerprint density at radius 3 is 2.81 bits per heavy atom. The van der Waals surface area contributed by atoms with Crippen LogP contribution in [0.5, 0.6) is 0 Å². The molecule has 136 valence electrons. The van der Waals surface area contributed by atoms with Crippen molar-refractivity contribution in [3.63, 3.8) is 0 Å². The van der Waals surface area contributed by atoms with Crippen LogP contribution in [0.2, 0.25) is 0 Å². The van der Waals surface area contributed by atoms with E-state index in [4.69, 9.17) is 5.41 Å². The molecule has 2 heterocycles. The van der Waals surface area contributed by atoms with Gasteiger partial charge in [-0.05, 0) is 36.2 Å². The molecule has 2 aromatic rings. The van der Waals surface area contributed by atoms with Gasteiger partial charge in [0.1, 0.15) is 17.9 Å². The quantitative estimate of drug-likeness (QED) is 0.567. The predicted molar refractivity (Wildman–Crippen MR) is 92.2 cm³/mol. The zero-order valence-electron chi connectivity index (χ0n) is 14.2. The van der Waals surface area contributed by atoms with E-state index in [0.717, 1.165) is 0 Å². The Balaban J connectivity index is 2.10. The van der Waals surface area contributed by atoms with E-state index >= 15 is 0 Å². The van der Waals surface area contributed by atoms with Crippen molar-refractivity contribution in [2.75, 3.05) is 10.2 Å². The third-order valence-corrected chi connectivity index (χ3v) is 4.53. The van der Waals surface area contributed by atoms with Crippen LogP contribution in [-0.2, 0) is 4.79 Å². The Labute approximate surface area is 149 Å². The Kier molecular flexibility index (Phi) is 4.60. The summed E-state index contributed by atoms with van der Waals surface area (Å²) < 4.78 is 13.9. The van der Waals surface area contributed by atoms with E-state index in [1.54, 1.807) is 6.92 Å². The molecule has 0 saturated carbocycles. The number of nitrogens with one attached hydrogen (secondary N) is 2. The molecule has 3 rings (SSSR count). The van der Waals surface area contributed by atoms with Gasteiger partial charge in [-0.15, -0.1) is 0 Å². The Hall–Kier alpha value is -3.00. The number of amides is 1. The molecule has 3 atom stereocenters. The van der Waals surface area contributed by atoms with Crippen LogP contribution < -0.4 is 15.3 Å². The van der Waals surface area contributed by atoms with Crippen LogP contribution >= 0.6 is 0 Å². The number of aliphatic hydroxyl groups is 1. The number of aromatic nitrogens is 1. The summed E-state index contributed by atoms with van der Waals surface area (Å²) in [6, 6.07) is 6.33. The molecule has 1 amide bonds. The smallest absolute Gasteiger partial charge is 0.225 e. The van der Waals surface area contributed by atoms with Crippen molar-refractivity contribution in [3.05, 3.63) is 53.5 Å². The molecule has 1 unspecified atom stereocenters. The number of fused-ring (bicyclic) bond motifs is 1. The second-order valence-electron chi connectivity index (χ2n) is 6.22. The van der Waals surface area contributed by atoms with E-state index in [-0.39, 0.29) is 17.3 Å². The standard InChI is InChI=1S/C18H19FN4O3/c1-9-15(22-17-12(16(20)25)4-3-7-21-17)13-8-11(19)5-6-14(13)23(10(2)24)18(9)26/h3-9,15,18,26H,1-2H3,(H2,20,25)(H,21,22)/p-1/t9-,15?,18+/m1/s1. The molecule has 0 bridgehead atoms. The molecular weight excluding hydrogens is 339 g/mol. The highest BCUT2D eigenvalue weighted by atomic mass is 19.1. The van der Waals surface area contributed by atoms with E-state index in [1.165, 1.54) is 48.4 Å². The molecule has 0 spiro atoms. The first-order chi connectivity index (χ1) is 12.3. The average molecular weight is 357 g/mol. The van der Waals surface area contributed by atoms with Gasteiger partial charge in [0.2, 0.25) is 5.91 Å². The van der Waals surface area contributed by atoms with E-state index in [1.807, 2.05) is 0 Å². The third-order valence-electron chi connectivity index (χ3n) is 4.53. The molecule has 1 aliphatic heterocycles. The number of rotatable bonds is 3. The van der Waals surface area contributed by atoms with Crippen LogP contribution in [0.25, 0.3) is 0 Å². The highest BCUT2D eigenvalue weighted by Gasteiger charge is 2.40. The summed E-state index contributed by atoms with van der Waals surface area (Å²) in [7, 11) is 0. The summed E-state index contributed by atoms with van der Waals surface area (Å²) in [5, 5.41) is 32.5. The molecule has 0 aliphatic carbocycles. The first-order valence-electron chi connectivity index (χ1n) is 8.06. The lowest BCUT2D eigenvalue weighted by Gasteiger charge is -2.42. The summed E-state index contributed by atoms with van der Waals surface area (Å²) in [5.74, 6) is -2.11. The molecule has 1 aromatic heterocycles. The number of halogens is 1. The van der Waals surface area contributed by atoms with Crippen LogP contribution in [-0.4, -0.2) is 28.1 Å². The minimum Gasteiger partial charge on any atom is -0.859 e. The van der Waals surface area contributed by atoms with Crippen LogP contribution in [0, 0.1) is 17.1 Å². The normalized spacial score (nSPS) is 21.8. The Morgan fingerprint density at radius 1 is 1.42 bits per heavy atom. The number of aliphatic hydroxyl groups excluding tert-OH is 1. The maximum absolute atomic E-state index is 13.9. The lowest BCUT2D eigenvalue weighted by Crippen LogP contribution is -2.50. The summed E-state index contributed by atoms with van der Waals surface area (Å²) in [4.78, 5) is 17.3. The largest absolute Gasteiger partial charge is 0.859 e. The van der Waals surface area contributed by atoms with Crippen LogP contribution in [0.3, 0.4) is 0 Å². The van der Waals surface area contributed by atoms with Gasteiger partial charge in [-0.2, -0.15) is 0 Å². The van der Waals surface area contributed by atoms with Gasteiger partial charge in [-0.1, -0.05) is 6.92 Å². The van der Waals surface area contributed by atoms with Gasteiger partial charge >= 0.3 is 0 Å². The maximum Gasteiger partial charge on any atom is 0.225 e. The Bertz CT molecular complexity index is 873. The van der Waals surface area contributed by atoms with Gasteiger partial charge in [0.15, 0.2) is 0 Å².